The second kappa shape index (κ2) is 4.79. The van der Waals surface area contributed by atoms with E-state index in [1.165, 1.54) is 5.56 Å². The van der Waals surface area contributed by atoms with Gasteiger partial charge in [-0.3, -0.25) is 4.79 Å². The summed E-state index contributed by atoms with van der Waals surface area (Å²) in [5.41, 5.74) is 2.38. The van der Waals surface area contributed by atoms with Crippen LogP contribution in [0.3, 0.4) is 0 Å². The van der Waals surface area contributed by atoms with E-state index < -0.39 is 0 Å². The SMILES string of the molecule is Cc1ccc(CC(=O)C(C)C2CNC2)cc1. The van der Waals surface area contributed by atoms with Crippen molar-refractivity contribution >= 4 is 5.78 Å². The maximum absolute atomic E-state index is 12.0. The Balaban J connectivity index is 1.93. The lowest BCUT2D eigenvalue weighted by Gasteiger charge is -2.31. The van der Waals surface area contributed by atoms with Crippen LogP contribution in [0, 0.1) is 18.8 Å². The van der Waals surface area contributed by atoms with Gasteiger partial charge in [0.25, 0.3) is 0 Å². The topological polar surface area (TPSA) is 29.1 Å². The smallest absolute Gasteiger partial charge is 0.140 e. The van der Waals surface area contributed by atoms with Crippen LogP contribution in [0.4, 0.5) is 0 Å². The minimum Gasteiger partial charge on any atom is -0.316 e. The van der Waals surface area contributed by atoms with E-state index in [0.717, 1.165) is 18.7 Å². The van der Waals surface area contributed by atoms with Crippen LogP contribution in [0.15, 0.2) is 24.3 Å². The highest BCUT2D eigenvalue weighted by atomic mass is 16.1. The van der Waals surface area contributed by atoms with Crippen LogP contribution in [-0.4, -0.2) is 18.9 Å². The second-order valence-corrected chi connectivity index (χ2v) is 4.84. The molecule has 1 N–H and O–H groups in total. The van der Waals surface area contributed by atoms with E-state index in [-0.39, 0.29) is 5.92 Å². The molecule has 1 aromatic carbocycles. The lowest BCUT2D eigenvalue weighted by molar-refractivity contribution is -0.123. The van der Waals surface area contributed by atoms with E-state index in [9.17, 15) is 4.79 Å². The van der Waals surface area contributed by atoms with Crippen molar-refractivity contribution in [2.24, 2.45) is 11.8 Å². The Morgan fingerprint density at radius 2 is 2.00 bits per heavy atom. The minimum absolute atomic E-state index is 0.197. The van der Waals surface area contributed by atoms with E-state index >= 15 is 0 Å². The first-order chi connectivity index (χ1) is 7.66. The van der Waals surface area contributed by atoms with Gasteiger partial charge in [0, 0.05) is 12.3 Å². The van der Waals surface area contributed by atoms with Gasteiger partial charge in [-0.2, -0.15) is 0 Å². The van der Waals surface area contributed by atoms with Crippen LogP contribution >= 0.6 is 0 Å². The normalized spacial score (nSPS) is 17.9. The summed E-state index contributed by atoms with van der Waals surface area (Å²) in [4.78, 5) is 12.0. The number of carbonyl (C=O) groups excluding carboxylic acids is 1. The monoisotopic (exact) mass is 217 g/mol. The largest absolute Gasteiger partial charge is 0.316 e. The average Bonchev–Trinajstić information content (AvgIpc) is 2.19. The molecule has 0 amide bonds. The van der Waals surface area contributed by atoms with E-state index in [4.69, 9.17) is 0 Å². The molecule has 2 nitrogen and oxygen atoms in total. The van der Waals surface area contributed by atoms with E-state index in [2.05, 4.69) is 43.4 Å². The molecule has 0 bridgehead atoms. The number of ketones is 1. The molecule has 1 aliphatic rings. The van der Waals surface area contributed by atoms with Gasteiger partial charge in [-0.05, 0) is 31.5 Å². The Labute approximate surface area is 97.1 Å². The third-order valence-corrected chi connectivity index (χ3v) is 3.53. The van der Waals surface area contributed by atoms with E-state index in [0.29, 0.717) is 18.1 Å². The van der Waals surface area contributed by atoms with Gasteiger partial charge < -0.3 is 5.32 Å². The molecule has 1 fully saturated rings. The van der Waals surface area contributed by atoms with Crippen molar-refractivity contribution in [2.45, 2.75) is 20.3 Å². The number of hydrogen-bond donors (Lipinski definition) is 1. The van der Waals surface area contributed by atoms with Crippen molar-refractivity contribution < 1.29 is 4.79 Å². The quantitative estimate of drug-likeness (QED) is 0.835. The number of carbonyl (C=O) groups is 1. The number of hydrogen-bond acceptors (Lipinski definition) is 2. The fraction of sp³-hybridized carbons (Fsp3) is 0.500. The van der Waals surface area contributed by atoms with Gasteiger partial charge in [0.2, 0.25) is 0 Å². The van der Waals surface area contributed by atoms with E-state index in [1.807, 2.05) is 0 Å². The Kier molecular flexibility index (Phi) is 3.39. The zero-order valence-corrected chi connectivity index (χ0v) is 9.99. The molecule has 2 rings (SSSR count). The molecule has 16 heavy (non-hydrogen) atoms. The summed E-state index contributed by atoms with van der Waals surface area (Å²) < 4.78 is 0. The van der Waals surface area contributed by atoms with Crippen LogP contribution in [0.25, 0.3) is 0 Å². The van der Waals surface area contributed by atoms with Crippen LogP contribution in [0.5, 0.6) is 0 Å². The molecule has 0 aromatic heterocycles. The summed E-state index contributed by atoms with van der Waals surface area (Å²) in [5, 5.41) is 3.22. The van der Waals surface area contributed by atoms with Gasteiger partial charge in [0.1, 0.15) is 5.78 Å². The Hall–Kier alpha value is -1.15. The van der Waals surface area contributed by atoms with Crippen molar-refractivity contribution in [2.75, 3.05) is 13.1 Å². The first kappa shape index (κ1) is 11.3. The Bertz CT molecular complexity index is 365. The molecule has 0 spiro atoms. The fourth-order valence-corrected chi connectivity index (χ4v) is 2.00. The molecule has 1 atom stereocenters. The van der Waals surface area contributed by atoms with Crippen molar-refractivity contribution in [1.82, 2.24) is 5.32 Å². The highest BCUT2D eigenvalue weighted by molar-refractivity contribution is 5.83. The van der Waals surface area contributed by atoms with Crippen LogP contribution in [0.1, 0.15) is 18.1 Å². The number of rotatable bonds is 4. The molecule has 1 aromatic rings. The molecule has 1 saturated heterocycles. The maximum atomic E-state index is 12.0. The first-order valence-electron chi connectivity index (χ1n) is 5.96. The lowest BCUT2D eigenvalue weighted by Crippen LogP contribution is -2.47. The fourth-order valence-electron chi connectivity index (χ4n) is 2.00. The average molecular weight is 217 g/mol. The lowest BCUT2D eigenvalue weighted by atomic mass is 9.84. The second-order valence-electron chi connectivity index (χ2n) is 4.84. The molecular weight excluding hydrogens is 198 g/mol. The van der Waals surface area contributed by atoms with Crippen molar-refractivity contribution in [3.63, 3.8) is 0 Å². The Morgan fingerprint density at radius 1 is 1.38 bits per heavy atom. The van der Waals surface area contributed by atoms with Crippen molar-refractivity contribution in [3.8, 4) is 0 Å². The van der Waals surface area contributed by atoms with Gasteiger partial charge in [-0.15, -0.1) is 0 Å². The third kappa shape index (κ3) is 2.50. The molecule has 2 heteroatoms. The molecule has 1 heterocycles. The van der Waals surface area contributed by atoms with E-state index in [1.54, 1.807) is 0 Å². The summed E-state index contributed by atoms with van der Waals surface area (Å²) in [6.45, 7) is 6.12. The molecule has 86 valence electrons. The van der Waals surface area contributed by atoms with Gasteiger partial charge in [-0.25, -0.2) is 0 Å². The van der Waals surface area contributed by atoms with Crippen molar-refractivity contribution in [3.05, 3.63) is 35.4 Å². The molecule has 0 aliphatic carbocycles. The zero-order chi connectivity index (χ0) is 11.5. The minimum atomic E-state index is 0.197. The predicted octanol–water partition coefficient (Wildman–Crippen LogP) is 1.96. The summed E-state index contributed by atoms with van der Waals surface area (Å²) in [6.07, 6.45) is 0.581. The van der Waals surface area contributed by atoms with Crippen LogP contribution < -0.4 is 5.32 Å². The summed E-state index contributed by atoms with van der Waals surface area (Å²) in [6, 6.07) is 8.24. The van der Waals surface area contributed by atoms with Crippen LogP contribution in [-0.2, 0) is 11.2 Å². The molecule has 0 saturated carbocycles. The molecule has 1 unspecified atom stereocenters. The third-order valence-electron chi connectivity index (χ3n) is 3.53. The van der Waals surface area contributed by atoms with Crippen molar-refractivity contribution in [1.29, 1.82) is 0 Å². The predicted molar refractivity (Wildman–Crippen MR) is 65.4 cm³/mol. The number of Topliss-reactive ketones (excluding diaryl/α,β-unsaturated/α-hetero) is 1. The summed E-state index contributed by atoms with van der Waals surface area (Å²) >= 11 is 0. The van der Waals surface area contributed by atoms with Gasteiger partial charge in [0.15, 0.2) is 0 Å². The highest BCUT2D eigenvalue weighted by Crippen LogP contribution is 2.18. The zero-order valence-electron chi connectivity index (χ0n) is 9.99. The standard InChI is InChI=1S/C14H19NO/c1-10-3-5-12(6-4-10)7-14(16)11(2)13-8-15-9-13/h3-6,11,13,15H,7-9H2,1-2H3. The van der Waals surface area contributed by atoms with Crippen LogP contribution in [0.2, 0.25) is 0 Å². The Morgan fingerprint density at radius 3 is 2.50 bits per heavy atom. The molecule has 0 radical (unpaired) electrons. The number of benzene rings is 1. The summed E-state index contributed by atoms with van der Waals surface area (Å²) in [5.74, 6) is 1.12. The number of aryl methyl sites for hydroxylation is 1. The van der Waals surface area contributed by atoms with Gasteiger partial charge in [0.05, 0.1) is 0 Å². The summed E-state index contributed by atoms with van der Waals surface area (Å²) in [7, 11) is 0. The van der Waals surface area contributed by atoms with Gasteiger partial charge in [-0.1, -0.05) is 36.8 Å². The van der Waals surface area contributed by atoms with Gasteiger partial charge >= 0.3 is 0 Å². The maximum Gasteiger partial charge on any atom is 0.140 e. The number of nitrogens with one attached hydrogen (secondary N) is 1. The highest BCUT2D eigenvalue weighted by Gasteiger charge is 2.28. The molecular formula is C14H19NO. The first-order valence-corrected chi connectivity index (χ1v) is 5.96. The molecule has 1 aliphatic heterocycles.